The maximum absolute atomic E-state index is 13.0. The van der Waals surface area contributed by atoms with Crippen molar-refractivity contribution in [2.75, 3.05) is 5.32 Å². The molecular formula is C25H23ClN4O. The zero-order valence-corrected chi connectivity index (χ0v) is 18.7. The molecule has 6 heteroatoms. The maximum atomic E-state index is 13.0. The molecule has 0 spiro atoms. The monoisotopic (exact) mass is 430 g/mol. The lowest BCUT2D eigenvalue weighted by Gasteiger charge is -2.08. The summed E-state index contributed by atoms with van der Waals surface area (Å²) in [7, 11) is 0. The molecule has 31 heavy (non-hydrogen) atoms. The van der Waals surface area contributed by atoms with Crippen LogP contribution in [0.1, 0.15) is 32.9 Å². The number of benzene rings is 3. The Morgan fingerprint density at radius 3 is 2.39 bits per heavy atom. The van der Waals surface area contributed by atoms with Gasteiger partial charge in [0.05, 0.1) is 5.69 Å². The van der Waals surface area contributed by atoms with Crippen LogP contribution < -0.4 is 5.32 Å². The summed E-state index contributed by atoms with van der Waals surface area (Å²) in [5.41, 5.74) is 6.65. The number of nitrogens with one attached hydrogen (secondary N) is 1. The second kappa shape index (κ2) is 8.36. The number of hydrogen-bond donors (Lipinski definition) is 1. The van der Waals surface area contributed by atoms with E-state index in [1.54, 1.807) is 4.68 Å². The second-order valence-corrected chi connectivity index (χ2v) is 8.13. The second-order valence-electron chi connectivity index (χ2n) is 7.73. The van der Waals surface area contributed by atoms with Gasteiger partial charge in [-0.2, -0.15) is 0 Å². The van der Waals surface area contributed by atoms with Crippen molar-refractivity contribution < 1.29 is 4.79 Å². The molecule has 0 aliphatic carbocycles. The zero-order valence-electron chi connectivity index (χ0n) is 17.9. The van der Waals surface area contributed by atoms with Crippen LogP contribution in [-0.2, 0) is 0 Å². The fourth-order valence-corrected chi connectivity index (χ4v) is 3.45. The minimum atomic E-state index is -0.367. The summed E-state index contributed by atoms with van der Waals surface area (Å²) in [4.78, 5) is 17.5. The molecule has 1 aromatic heterocycles. The molecule has 3 aromatic carbocycles. The number of aryl methyl sites for hydroxylation is 4. The van der Waals surface area contributed by atoms with Crippen LogP contribution in [-0.4, -0.2) is 20.7 Å². The molecule has 1 heterocycles. The van der Waals surface area contributed by atoms with Gasteiger partial charge in [-0.15, -0.1) is 5.10 Å². The van der Waals surface area contributed by atoms with Gasteiger partial charge in [0.1, 0.15) is 0 Å². The summed E-state index contributed by atoms with van der Waals surface area (Å²) in [6, 6.07) is 19.4. The van der Waals surface area contributed by atoms with Crippen molar-refractivity contribution in [2.45, 2.75) is 27.7 Å². The van der Waals surface area contributed by atoms with Gasteiger partial charge in [0.2, 0.25) is 5.82 Å². The van der Waals surface area contributed by atoms with Crippen LogP contribution in [0.25, 0.3) is 17.1 Å². The molecule has 0 aliphatic rings. The van der Waals surface area contributed by atoms with Gasteiger partial charge in [-0.25, -0.2) is 9.67 Å². The Labute approximate surface area is 186 Å². The minimum Gasteiger partial charge on any atom is -0.319 e. The summed E-state index contributed by atoms with van der Waals surface area (Å²) in [6.07, 6.45) is 0. The smallest absolute Gasteiger partial charge is 0.295 e. The summed E-state index contributed by atoms with van der Waals surface area (Å²) in [6.45, 7) is 8.00. The Morgan fingerprint density at radius 1 is 0.903 bits per heavy atom. The van der Waals surface area contributed by atoms with Gasteiger partial charge in [-0.1, -0.05) is 47.5 Å². The first-order chi connectivity index (χ1) is 14.8. The Bertz CT molecular complexity index is 1290. The Balaban J connectivity index is 1.77. The quantitative estimate of drug-likeness (QED) is 0.427. The van der Waals surface area contributed by atoms with E-state index in [1.165, 1.54) is 5.56 Å². The molecule has 1 N–H and O–H groups in total. The topological polar surface area (TPSA) is 59.8 Å². The Kier molecular flexibility index (Phi) is 5.61. The fourth-order valence-electron chi connectivity index (χ4n) is 3.28. The summed E-state index contributed by atoms with van der Waals surface area (Å²) in [5, 5.41) is 8.06. The lowest BCUT2D eigenvalue weighted by atomic mass is 10.1. The van der Waals surface area contributed by atoms with E-state index in [1.807, 2.05) is 88.4 Å². The van der Waals surface area contributed by atoms with Crippen LogP contribution in [0.4, 0.5) is 5.69 Å². The number of amides is 1. The van der Waals surface area contributed by atoms with Gasteiger partial charge in [-0.3, -0.25) is 4.79 Å². The Morgan fingerprint density at radius 2 is 1.68 bits per heavy atom. The standard InChI is InChI=1S/C25H23ClN4O/c1-15-6-5-7-19(12-15)24-28-23(25(31)27-20-10-8-16(2)18(4)13-20)29-30(24)21-11-9-17(3)22(26)14-21/h5-14H,1-4H3,(H,27,31). The van der Waals surface area contributed by atoms with Gasteiger partial charge < -0.3 is 5.32 Å². The van der Waals surface area contributed by atoms with Crippen LogP contribution >= 0.6 is 11.6 Å². The average molecular weight is 431 g/mol. The van der Waals surface area contributed by atoms with Crippen LogP contribution in [0.15, 0.2) is 60.7 Å². The highest BCUT2D eigenvalue weighted by Crippen LogP contribution is 2.25. The number of aromatic nitrogens is 3. The van der Waals surface area contributed by atoms with E-state index in [2.05, 4.69) is 15.4 Å². The van der Waals surface area contributed by atoms with Gasteiger partial charge >= 0.3 is 0 Å². The molecule has 0 saturated carbocycles. The van der Waals surface area contributed by atoms with Crippen LogP contribution in [0.5, 0.6) is 0 Å². The van der Waals surface area contributed by atoms with Crippen molar-refractivity contribution in [3.05, 3.63) is 93.8 Å². The number of carbonyl (C=O) groups is 1. The van der Waals surface area contributed by atoms with Gasteiger partial charge in [0.15, 0.2) is 5.82 Å². The maximum Gasteiger partial charge on any atom is 0.295 e. The van der Waals surface area contributed by atoms with Crippen molar-refractivity contribution in [3.8, 4) is 17.1 Å². The molecule has 0 unspecified atom stereocenters. The highest BCUT2D eigenvalue weighted by Gasteiger charge is 2.19. The van der Waals surface area contributed by atoms with Gasteiger partial charge in [-0.05, 0) is 74.7 Å². The molecule has 156 valence electrons. The van der Waals surface area contributed by atoms with E-state index in [0.717, 1.165) is 27.9 Å². The van der Waals surface area contributed by atoms with Crippen LogP contribution in [0.2, 0.25) is 5.02 Å². The largest absolute Gasteiger partial charge is 0.319 e. The average Bonchev–Trinajstić information content (AvgIpc) is 3.18. The fraction of sp³-hybridized carbons (Fsp3) is 0.160. The summed E-state index contributed by atoms with van der Waals surface area (Å²) in [5.74, 6) is 0.300. The van der Waals surface area contributed by atoms with Gasteiger partial charge in [0, 0.05) is 16.3 Å². The SMILES string of the molecule is Cc1cccc(-c2nc(C(=O)Nc3ccc(C)c(C)c3)nn2-c2ccc(C)c(Cl)c2)c1. The molecule has 4 rings (SSSR count). The highest BCUT2D eigenvalue weighted by atomic mass is 35.5. The molecule has 0 aliphatic heterocycles. The molecule has 0 fully saturated rings. The van der Waals surface area contributed by atoms with Crippen molar-refractivity contribution in [2.24, 2.45) is 0 Å². The van der Waals surface area contributed by atoms with Crippen LogP contribution in [0, 0.1) is 27.7 Å². The number of anilines is 1. The first-order valence-electron chi connectivity index (χ1n) is 10.0. The first kappa shape index (κ1) is 20.8. The first-order valence-corrected chi connectivity index (χ1v) is 10.4. The molecular weight excluding hydrogens is 408 g/mol. The number of rotatable bonds is 4. The third-order valence-corrected chi connectivity index (χ3v) is 5.66. The summed E-state index contributed by atoms with van der Waals surface area (Å²) >= 11 is 6.35. The number of hydrogen-bond acceptors (Lipinski definition) is 3. The Hall–Kier alpha value is -3.44. The van der Waals surface area contributed by atoms with Crippen molar-refractivity contribution >= 4 is 23.2 Å². The highest BCUT2D eigenvalue weighted by molar-refractivity contribution is 6.31. The van der Waals surface area contributed by atoms with E-state index in [0.29, 0.717) is 16.5 Å². The van der Waals surface area contributed by atoms with Crippen molar-refractivity contribution in [1.29, 1.82) is 0 Å². The molecule has 0 bridgehead atoms. The van der Waals surface area contributed by atoms with Crippen molar-refractivity contribution in [3.63, 3.8) is 0 Å². The molecule has 0 radical (unpaired) electrons. The molecule has 4 aromatic rings. The third kappa shape index (κ3) is 4.37. The van der Waals surface area contributed by atoms with E-state index >= 15 is 0 Å². The number of nitrogens with zero attached hydrogens (tertiary/aromatic N) is 3. The van der Waals surface area contributed by atoms with E-state index in [4.69, 9.17) is 11.6 Å². The number of carbonyl (C=O) groups excluding carboxylic acids is 1. The van der Waals surface area contributed by atoms with E-state index in [9.17, 15) is 4.79 Å². The molecule has 5 nitrogen and oxygen atoms in total. The molecule has 0 saturated heterocycles. The normalized spacial score (nSPS) is 10.9. The van der Waals surface area contributed by atoms with E-state index in [-0.39, 0.29) is 11.7 Å². The molecule has 1 amide bonds. The van der Waals surface area contributed by atoms with E-state index < -0.39 is 0 Å². The number of halogens is 1. The third-order valence-electron chi connectivity index (χ3n) is 5.25. The lowest BCUT2D eigenvalue weighted by molar-refractivity contribution is 0.101. The van der Waals surface area contributed by atoms with Crippen molar-refractivity contribution in [1.82, 2.24) is 14.8 Å². The zero-order chi connectivity index (χ0) is 22.1. The summed E-state index contributed by atoms with van der Waals surface area (Å²) < 4.78 is 1.66. The van der Waals surface area contributed by atoms with Crippen LogP contribution in [0.3, 0.4) is 0 Å². The predicted molar refractivity (Wildman–Crippen MR) is 125 cm³/mol. The predicted octanol–water partition coefficient (Wildman–Crippen LogP) is 6.07. The lowest BCUT2D eigenvalue weighted by Crippen LogP contribution is -2.14. The van der Waals surface area contributed by atoms with Gasteiger partial charge in [0.25, 0.3) is 5.91 Å². The molecule has 0 atom stereocenters. The minimum absolute atomic E-state index is 0.0893.